The van der Waals surface area contributed by atoms with E-state index in [0.717, 1.165) is 25.2 Å². The Balaban J connectivity index is 1.56. The zero-order chi connectivity index (χ0) is 18.0. The lowest BCUT2D eigenvalue weighted by Gasteiger charge is -2.35. The van der Waals surface area contributed by atoms with Crippen molar-refractivity contribution in [3.05, 3.63) is 35.4 Å². The first-order chi connectivity index (χ1) is 11.9. The summed E-state index contributed by atoms with van der Waals surface area (Å²) < 4.78 is 16.0. The van der Waals surface area contributed by atoms with E-state index in [1.165, 1.54) is 0 Å². The number of benzene rings is 1. The molecule has 4 atom stereocenters. The number of cyclic esters (lactones) is 1. The fraction of sp³-hybridized carbons (Fsp3) is 0.579. The van der Waals surface area contributed by atoms with Crippen molar-refractivity contribution in [3.63, 3.8) is 0 Å². The lowest BCUT2D eigenvalue weighted by atomic mass is 10.1. The van der Waals surface area contributed by atoms with Gasteiger partial charge in [-0.25, -0.2) is 9.59 Å². The Bertz CT molecular complexity index is 619. The predicted molar refractivity (Wildman–Crippen MR) is 91.1 cm³/mol. The zero-order valence-electron chi connectivity index (χ0n) is 14.9. The highest BCUT2D eigenvalue weighted by molar-refractivity contribution is 5.91. The molecule has 6 heteroatoms. The first-order valence-electron chi connectivity index (χ1n) is 8.79. The molecule has 1 aromatic carbocycles. The normalized spacial score (nSPS) is 30.1. The smallest absolute Gasteiger partial charge is 0.347 e. The molecule has 3 rings (SSSR count). The second kappa shape index (κ2) is 7.54. The summed E-state index contributed by atoms with van der Waals surface area (Å²) in [5, 5.41) is 0. The largest absolute Gasteiger partial charge is 0.460 e. The fourth-order valence-electron chi connectivity index (χ4n) is 3.43. The van der Waals surface area contributed by atoms with Crippen molar-refractivity contribution in [1.82, 2.24) is 4.90 Å². The van der Waals surface area contributed by atoms with Crippen LogP contribution in [-0.2, 0) is 25.5 Å². The Kier molecular flexibility index (Phi) is 5.39. The van der Waals surface area contributed by atoms with Gasteiger partial charge in [0.25, 0.3) is 0 Å². The summed E-state index contributed by atoms with van der Waals surface area (Å²) in [6.45, 7) is 8.56. The van der Waals surface area contributed by atoms with Gasteiger partial charge in [-0.1, -0.05) is 12.1 Å². The molecule has 2 fully saturated rings. The molecule has 0 amide bonds. The minimum Gasteiger partial charge on any atom is -0.460 e. The molecule has 25 heavy (non-hydrogen) atoms. The average molecular weight is 347 g/mol. The van der Waals surface area contributed by atoms with Crippen LogP contribution >= 0.6 is 0 Å². The standard InChI is InChI=1S/C19H25NO5/c1-12-8-17(19(22)24-12)25-18(21)16-6-4-15(5-7-16)11-20-9-13(2)23-14(3)10-20/h4-7,12-14,17H,8-11H2,1-3H3/t12-,13-,14+,17+/m1/s1. The van der Waals surface area contributed by atoms with E-state index in [0.29, 0.717) is 12.0 Å². The quantitative estimate of drug-likeness (QED) is 0.778. The molecule has 1 aromatic rings. The monoisotopic (exact) mass is 347 g/mol. The molecule has 0 N–H and O–H groups in total. The number of hydrogen-bond donors (Lipinski definition) is 0. The van der Waals surface area contributed by atoms with Crippen molar-refractivity contribution in [2.75, 3.05) is 13.1 Å². The third kappa shape index (κ3) is 4.58. The van der Waals surface area contributed by atoms with Gasteiger partial charge in [-0.3, -0.25) is 4.90 Å². The Morgan fingerprint density at radius 1 is 1.12 bits per heavy atom. The van der Waals surface area contributed by atoms with Gasteiger partial charge in [0.05, 0.1) is 17.8 Å². The summed E-state index contributed by atoms with van der Waals surface area (Å²) in [5.74, 6) is -0.954. The Morgan fingerprint density at radius 3 is 2.32 bits per heavy atom. The van der Waals surface area contributed by atoms with Gasteiger partial charge in [0.2, 0.25) is 6.10 Å². The number of esters is 2. The van der Waals surface area contributed by atoms with Gasteiger partial charge in [0.15, 0.2) is 0 Å². The Hall–Kier alpha value is -1.92. The van der Waals surface area contributed by atoms with E-state index in [4.69, 9.17) is 14.2 Å². The maximum absolute atomic E-state index is 12.2. The van der Waals surface area contributed by atoms with E-state index < -0.39 is 18.0 Å². The summed E-state index contributed by atoms with van der Waals surface area (Å²) in [6, 6.07) is 7.34. The van der Waals surface area contributed by atoms with Crippen LogP contribution in [0.1, 0.15) is 43.1 Å². The van der Waals surface area contributed by atoms with Crippen molar-refractivity contribution in [3.8, 4) is 0 Å². The van der Waals surface area contributed by atoms with Crippen LogP contribution < -0.4 is 0 Å². The lowest BCUT2D eigenvalue weighted by molar-refractivity contribution is -0.147. The van der Waals surface area contributed by atoms with Crippen LogP contribution in [0.4, 0.5) is 0 Å². The van der Waals surface area contributed by atoms with E-state index in [-0.39, 0.29) is 18.3 Å². The van der Waals surface area contributed by atoms with Crippen LogP contribution in [-0.4, -0.2) is 54.3 Å². The average Bonchev–Trinajstić information content (AvgIpc) is 2.84. The molecule has 2 aliphatic rings. The second-order valence-electron chi connectivity index (χ2n) is 7.03. The molecule has 0 aliphatic carbocycles. The molecular formula is C19H25NO5. The zero-order valence-corrected chi connectivity index (χ0v) is 14.9. The summed E-state index contributed by atoms with van der Waals surface area (Å²) in [6.07, 6.45) is -0.127. The number of morpholine rings is 1. The molecule has 0 bridgehead atoms. The molecule has 0 aromatic heterocycles. The van der Waals surface area contributed by atoms with Gasteiger partial charge in [-0.15, -0.1) is 0 Å². The first-order valence-corrected chi connectivity index (χ1v) is 8.79. The number of carbonyl (C=O) groups is 2. The third-order valence-electron chi connectivity index (χ3n) is 4.47. The predicted octanol–water partition coefficient (Wildman–Crippen LogP) is 2.16. The number of carbonyl (C=O) groups excluding carboxylic acids is 2. The molecule has 2 aliphatic heterocycles. The Morgan fingerprint density at radius 2 is 1.76 bits per heavy atom. The van der Waals surface area contributed by atoms with E-state index >= 15 is 0 Å². The highest BCUT2D eigenvalue weighted by atomic mass is 16.6. The van der Waals surface area contributed by atoms with Crippen molar-refractivity contribution < 1.29 is 23.8 Å². The highest BCUT2D eigenvalue weighted by Gasteiger charge is 2.35. The van der Waals surface area contributed by atoms with Gasteiger partial charge in [0.1, 0.15) is 6.10 Å². The lowest BCUT2D eigenvalue weighted by Crippen LogP contribution is -2.44. The van der Waals surface area contributed by atoms with E-state index in [1.54, 1.807) is 19.1 Å². The molecule has 2 saturated heterocycles. The molecule has 0 spiro atoms. The molecule has 0 saturated carbocycles. The minimum absolute atomic E-state index is 0.203. The van der Waals surface area contributed by atoms with Crippen LogP contribution in [0.5, 0.6) is 0 Å². The van der Waals surface area contributed by atoms with Crippen LogP contribution in [0.3, 0.4) is 0 Å². The van der Waals surface area contributed by atoms with E-state index in [9.17, 15) is 9.59 Å². The Labute approximate surface area is 148 Å². The molecular weight excluding hydrogens is 322 g/mol. The highest BCUT2D eigenvalue weighted by Crippen LogP contribution is 2.19. The summed E-state index contributed by atoms with van der Waals surface area (Å²) in [5.41, 5.74) is 1.58. The van der Waals surface area contributed by atoms with E-state index in [2.05, 4.69) is 18.7 Å². The number of rotatable bonds is 4. The van der Waals surface area contributed by atoms with Crippen LogP contribution in [0.25, 0.3) is 0 Å². The number of ether oxygens (including phenoxy) is 3. The van der Waals surface area contributed by atoms with Gasteiger partial charge in [0, 0.05) is 26.1 Å². The van der Waals surface area contributed by atoms with Gasteiger partial charge in [-0.2, -0.15) is 0 Å². The fourth-order valence-corrected chi connectivity index (χ4v) is 3.43. The molecule has 0 unspecified atom stereocenters. The van der Waals surface area contributed by atoms with Crippen molar-refractivity contribution in [1.29, 1.82) is 0 Å². The summed E-state index contributed by atoms with van der Waals surface area (Å²) in [7, 11) is 0. The van der Waals surface area contributed by atoms with E-state index in [1.807, 2.05) is 12.1 Å². The summed E-state index contributed by atoms with van der Waals surface area (Å²) in [4.78, 5) is 26.1. The topological polar surface area (TPSA) is 65.1 Å². The SMILES string of the molecule is C[C@@H]1C[C@H](OC(=O)c2ccc(CN3C[C@@H](C)O[C@@H](C)C3)cc2)C(=O)O1. The number of nitrogens with zero attached hydrogens (tertiary/aromatic N) is 1. The van der Waals surface area contributed by atoms with Crippen LogP contribution in [0, 0.1) is 0 Å². The van der Waals surface area contributed by atoms with Gasteiger partial charge < -0.3 is 14.2 Å². The first kappa shape index (κ1) is 17.9. The number of hydrogen-bond acceptors (Lipinski definition) is 6. The van der Waals surface area contributed by atoms with Crippen molar-refractivity contribution in [2.45, 2.75) is 58.2 Å². The maximum Gasteiger partial charge on any atom is 0.347 e. The molecule has 6 nitrogen and oxygen atoms in total. The van der Waals surface area contributed by atoms with Crippen molar-refractivity contribution in [2.24, 2.45) is 0 Å². The summed E-state index contributed by atoms with van der Waals surface area (Å²) >= 11 is 0. The molecule has 2 heterocycles. The minimum atomic E-state index is -0.793. The van der Waals surface area contributed by atoms with Crippen LogP contribution in [0.2, 0.25) is 0 Å². The van der Waals surface area contributed by atoms with Crippen LogP contribution in [0.15, 0.2) is 24.3 Å². The molecule has 0 radical (unpaired) electrons. The molecule has 136 valence electrons. The third-order valence-corrected chi connectivity index (χ3v) is 4.47. The van der Waals surface area contributed by atoms with Gasteiger partial charge >= 0.3 is 11.9 Å². The second-order valence-corrected chi connectivity index (χ2v) is 7.03. The van der Waals surface area contributed by atoms with Gasteiger partial charge in [-0.05, 0) is 38.5 Å². The van der Waals surface area contributed by atoms with Crippen molar-refractivity contribution >= 4 is 11.9 Å². The maximum atomic E-state index is 12.2.